The first kappa shape index (κ1) is 27.4. The highest BCUT2D eigenvalue weighted by Crippen LogP contribution is 2.12. The molecular formula is C24H34IN5O2. The Hall–Kier alpha value is -2.62. The average molecular weight is 551 g/mol. The Morgan fingerprint density at radius 2 is 1.59 bits per heavy atom. The van der Waals surface area contributed by atoms with Crippen molar-refractivity contribution in [2.24, 2.45) is 10.9 Å². The summed E-state index contributed by atoms with van der Waals surface area (Å²) in [5, 5.41) is 9.49. The lowest BCUT2D eigenvalue weighted by Gasteiger charge is -2.14. The van der Waals surface area contributed by atoms with Crippen molar-refractivity contribution in [3.05, 3.63) is 65.2 Å². The number of nitrogens with zero attached hydrogens (tertiary/aromatic N) is 2. The lowest BCUT2D eigenvalue weighted by atomic mass is 10.1. The minimum absolute atomic E-state index is 0. The van der Waals surface area contributed by atoms with Crippen molar-refractivity contribution in [3.63, 3.8) is 0 Å². The average Bonchev–Trinajstić information content (AvgIpc) is 2.73. The normalized spacial score (nSPS) is 10.9. The zero-order valence-electron chi connectivity index (χ0n) is 19.4. The number of hydrogen-bond acceptors (Lipinski definition) is 3. The molecule has 0 spiro atoms. The van der Waals surface area contributed by atoms with Crippen LogP contribution in [0.5, 0.6) is 0 Å². The molecule has 0 saturated heterocycles. The summed E-state index contributed by atoms with van der Waals surface area (Å²) in [6.07, 6.45) is 0.503. The fourth-order valence-corrected chi connectivity index (χ4v) is 2.96. The van der Waals surface area contributed by atoms with E-state index in [1.807, 2.05) is 62.4 Å². The van der Waals surface area contributed by atoms with Crippen molar-refractivity contribution in [2.45, 2.75) is 33.4 Å². The second-order valence-corrected chi connectivity index (χ2v) is 8.02. The van der Waals surface area contributed by atoms with Crippen LogP contribution in [0.2, 0.25) is 0 Å². The minimum Gasteiger partial charge on any atom is -0.352 e. The summed E-state index contributed by atoms with van der Waals surface area (Å²) in [4.78, 5) is 29.8. The van der Waals surface area contributed by atoms with Gasteiger partial charge in [-0.25, -0.2) is 0 Å². The van der Waals surface area contributed by atoms with Gasteiger partial charge in [0, 0.05) is 51.9 Å². The molecule has 3 N–H and O–H groups in total. The van der Waals surface area contributed by atoms with Crippen LogP contribution in [0.3, 0.4) is 0 Å². The first-order valence-corrected chi connectivity index (χ1v) is 10.4. The standard InChI is InChI=1S/C24H33N5O2.HI/c1-17(2)13-22(30)28-21-8-6-7-19(14-21)16-27-24(25-3)26-15-18-9-11-20(12-10-18)23(31)29(4)5;/h6-12,14,17H,13,15-16H2,1-5H3,(H,28,30)(H2,25,26,27);1H. The highest BCUT2D eigenvalue weighted by Gasteiger charge is 2.08. The van der Waals surface area contributed by atoms with Gasteiger partial charge in [-0.05, 0) is 41.3 Å². The fraction of sp³-hybridized carbons (Fsp3) is 0.375. The first-order valence-electron chi connectivity index (χ1n) is 10.4. The molecule has 2 aromatic rings. The van der Waals surface area contributed by atoms with Gasteiger partial charge >= 0.3 is 0 Å². The molecule has 0 unspecified atom stereocenters. The Kier molecular flexibility index (Phi) is 11.8. The fourth-order valence-electron chi connectivity index (χ4n) is 2.96. The molecule has 0 heterocycles. The highest BCUT2D eigenvalue weighted by atomic mass is 127. The third-order valence-corrected chi connectivity index (χ3v) is 4.55. The summed E-state index contributed by atoms with van der Waals surface area (Å²) in [6.45, 7) is 5.21. The van der Waals surface area contributed by atoms with E-state index in [1.165, 1.54) is 0 Å². The molecule has 8 heteroatoms. The van der Waals surface area contributed by atoms with Gasteiger partial charge in [0.2, 0.25) is 5.91 Å². The van der Waals surface area contributed by atoms with Crippen LogP contribution in [0.15, 0.2) is 53.5 Å². The van der Waals surface area contributed by atoms with Crippen molar-refractivity contribution in [2.75, 3.05) is 26.5 Å². The number of carbonyl (C=O) groups is 2. The van der Waals surface area contributed by atoms with Gasteiger partial charge in [0.15, 0.2) is 5.96 Å². The molecule has 174 valence electrons. The Bertz CT molecular complexity index is 911. The van der Waals surface area contributed by atoms with Crippen LogP contribution in [0, 0.1) is 5.92 Å². The molecule has 32 heavy (non-hydrogen) atoms. The third kappa shape index (κ3) is 9.25. The van der Waals surface area contributed by atoms with E-state index in [0.717, 1.165) is 16.8 Å². The monoisotopic (exact) mass is 551 g/mol. The molecule has 2 rings (SSSR count). The summed E-state index contributed by atoms with van der Waals surface area (Å²) < 4.78 is 0. The second kappa shape index (κ2) is 13.7. The summed E-state index contributed by atoms with van der Waals surface area (Å²) in [7, 11) is 5.20. The first-order chi connectivity index (χ1) is 14.8. The number of rotatable bonds is 8. The number of benzene rings is 2. The third-order valence-electron chi connectivity index (χ3n) is 4.55. The Labute approximate surface area is 208 Å². The predicted molar refractivity (Wildman–Crippen MR) is 141 cm³/mol. The number of halogens is 1. The predicted octanol–water partition coefficient (Wildman–Crippen LogP) is 3.86. The van der Waals surface area contributed by atoms with Crippen LogP contribution in [0.25, 0.3) is 0 Å². The van der Waals surface area contributed by atoms with E-state index in [2.05, 4.69) is 20.9 Å². The number of hydrogen-bond donors (Lipinski definition) is 3. The molecule has 0 aliphatic rings. The zero-order valence-corrected chi connectivity index (χ0v) is 21.8. The van der Waals surface area contributed by atoms with Crippen LogP contribution in [-0.4, -0.2) is 43.8 Å². The van der Waals surface area contributed by atoms with E-state index < -0.39 is 0 Å². The molecule has 2 amide bonds. The van der Waals surface area contributed by atoms with E-state index >= 15 is 0 Å². The molecule has 0 bridgehead atoms. The Morgan fingerprint density at radius 3 is 2.16 bits per heavy atom. The molecule has 0 radical (unpaired) electrons. The van der Waals surface area contributed by atoms with Gasteiger partial charge in [-0.3, -0.25) is 14.6 Å². The van der Waals surface area contributed by atoms with Gasteiger partial charge < -0.3 is 20.9 Å². The van der Waals surface area contributed by atoms with Crippen molar-refractivity contribution in [1.29, 1.82) is 0 Å². The van der Waals surface area contributed by atoms with Gasteiger partial charge in [-0.1, -0.05) is 38.1 Å². The molecule has 7 nitrogen and oxygen atoms in total. The summed E-state index contributed by atoms with van der Waals surface area (Å²) in [5.41, 5.74) is 3.54. The van der Waals surface area contributed by atoms with Crippen molar-refractivity contribution < 1.29 is 9.59 Å². The topological polar surface area (TPSA) is 85.8 Å². The van der Waals surface area contributed by atoms with E-state index in [0.29, 0.717) is 37.0 Å². The smallest absolute Gasteiger partial charge is 0.253 e. The maximum absolute atomic E-state index is 12.0. The molecule has 0 aliphatic heterocycles. The van der Waals surface area contributed by atoms with Gasteiger partial charge in [0.25, 0.3) is 5.91 Å². The largest absolute Gasteiger partial charge is 0.352 e. The second-order valence-electron chi connectivity index (χ2n) is 8.02. The number of guanidine groups is 1. The molecular weight excluding hydrogens is 517 g/mol. The summed E-state index contributed by atoms with van der Waals surface area (Å²) in [5.74, 6) is 1.00. The van der Waals surface area contributed by atoms with E-state index in [9.17, 15) is 9.59 Å². The molecule has 0 saturated carbocycles. The Balaban J connectivity index is 0.00000512. The van der Waals surface area contributed by atoms with Gasteiger partial charge in [-0.2, -0.15) is 0 Å². The SMILES string of the molecule is CN=C(NCc1ccc(C(=O)N(C)C)cc1)NCc1cccc(NC(=O)CC(C)C)c1.I. The van der Waals surface area contributed by atoms with Crippen molar-refractivity contribution >= 4 is 47.4 Å². The molecule has 2 aromatic carbocycles. The quantitative estimate of drug-likeness (QED) is 0.264. The lowest BCUT2D eigenvalue weighted by molar-refractivity contribution is -0.116. The van der Waals surface area contributed by atoms with Crippen molar-refractivity contribution in [3.8, 4) is 0 Å². The van der Waals surface area contributed by atoms with Crippen LogP contribution in [0.4, 0.5) is 5.69 Å². The summed E-state index contributed by atoms with van der Waals surface area (Å²) in [6, 6.07) is 15.3. The maximum Gasteiger partial charge on any atom is 0.253 e. The zero-order chi connectivity index (χ0) is 22.8. The molecule has 0 aromatic heterocycles. The van der Waals surface area contributed by atoms with Crippen molar-refractivity contribution in [1.82, 2.24) is 15.5 Å². The number of nitrogens with one attached hydrogen (secondary N) is 3. The van der Waals surface area contributed by atoms with Crippen LogP contribution in [-0.2, 0) is 17.9 Å². The molecule has 0 aliphatic carbocycles. The van der Waals surface area contributed by atoms with Crippen LogP contribution >= 0.6 is 24.0 Å². The van der Waals surface area contributed by atoms with Gasteiger partial charge in [0.05, 0.1) is 0 Å². The number of carbonyl (C=O) groups excluding carboxylic acids is 2. The Morgan fingerprint density at radius 1 is 0.969 bits per heavy atom. The highest BCUT2D eigenvalue weighted by molar-refractivity contribution is 14.0. The van der Waals surface area contributed by atoms with Gasteiger partial charge in [0.1, 0.15) is 0 Å². The summed E-state index contributed by atoms with van der Waals surface area (Å²) >= 11 is 0. The van der Waals surface area contributed by atoms with Gasteiger partial charge in [-0.15, -0.1) is 24.0 Å². The minimum atomic E-state index is -0.0142. The molecule has 0 fully saturated rings. The van der Waals surface area contributed by atoms with Crippen LogP contribution < -0.4 is 16.0 Å². The number of anilines is 1. The van der Waals surface area contributed by atoms with E-state index in [-0.39, 0.29) is 35.8 Å². The number of amides is 2. The molecule has 0 atom stereocenters. The van der Waals surface area contributed by atoms with E-state index in [4.69, 9.17) is 0 Å². The van der Waals surface area contributed by atoms with E-state index in [1.54, 1.807) is 26.0 Å². The maximum atomic E-state index is 12.0. The lowest BCUT2D eigenvalue weighted by Crippen LogP contribution is -2.36. The number of aliphatic imine (C=N–C) groups is 1. The van der Waals surface area contributed by atoms with Crippen LogP contribution in [0.1, 0.15) is 41.8 Å².